The maximum Gasteiger partial charge on any atom is 0.0592 e. The van der Waals surface area contributed by atoms with Crippen LogP contribution in [0, 0.1) is 5.41 Å². The molecule has 2 fully saturated rings. The summed E-state index contributed by atoms with van der Waals surface area (Å²) in [5, 5.41) is 11.0. The number of H-pyrrole nitrogens is 1. The van der Waals surface area contributed by atoms with Gasteiger partial charge in [-0.05, 0) is 24.5 Å². The molecule has 94 valence electrons. The Morgan fingerprint density at radius 3 is 2.61 bits per heavy atom. The monoisotopic (exact) mass is 243 g/mol. The maximum atomic E-state index is 9.76. The van der Waals surface area contributed by atoms with Gasteiger partial charge in [0.25, 0.3) is 0 Å². The van der Waals surface area contributed by atoms with Gasteiger partial charge in [0.15, 0.2) is 0 Å². The summed E-state index contributed by atoms with van der Waals surface area (Å²) in [6.07, 6.45) is 4.35. The number of aromatic nitrogens is 1. The third kappa shape index (κ3) is 1.11. The molecule has 0 atom stereocenters. The van der Waals surface area contributed by atoms with Gasteiger partial charge in [-0.3, -0.25) is 0 Å². The lowest BCUT2D eigenvalue weighted by Gasteiger charge is -2.47. The smallest absolute Gasteiger partial charge is 0.0592 e. The first kappa shape index (κ1) is 10.6. The largest absolute Gasteiger partial charge is 0.396 e. The second-order valence-electron chi connectivity index (χ2n) is 5.76. The minimum absolute atomic E-state index is 0.0291. The molecule has 0 bridgehead atoms. The Morgan fingerprint density at radius 1 is 1.22 bits per heavy atom. The van der Waals surface area contributed by atoms with Crippen molar-refractivity contribution in [3.8, 4) is 0 Å². The first-order valence-electron chi connectivity index (χ1n) is 6.57. The van der Waals surface area contributed by atoms with Crippen LogP contribution in [0.15, 0.2) is 30.5 Å². The Kier molecular flexibility index (Phi) is 1.98. The van der Waals surface area contributed by atoms with Crippen LogP contribution in [0.3, 0.4) is 0 Å². The standard InChI is InChI=1S/C15H17NO2/c17-8-14(5-6-14)15(9-18-10-15)12-7-16-13-4-2-1-3-11(12)13/h1-4,7,16-17H,5-6,8-10H2. The summed E-state index contributed by atoms with van der Waals surface area (Å²) in [5.74, 6) is 0. The molecule has 1 aromatic heterocycles. The quantitative estimate of drug-likeness (QED) is 0.868. The second kappa shape index (κ2) is 3.37. The summed E-state index contributed by atoms with van der Waals surface area (Å²) < 4.78 is 5.51. The number of ether oxygens (including phenoxy) is 1. The van der Waals surface area contributed by atoms with Crippen molar-refractivity contribution in [2.75, 3.05) is 19.8 Å². The fraction of sp³-hybridized carbons (Fsp3) is 0.467. The van der Waals surface area contributed by atoms with Crippen LogP contribution in [0.4, 0.5) is 0 Å². The number of aromatic amines is 1. The number of nitrogens with one attached hydrogen (secondary N) is 1. The van der Waals surface area contributed by atoms with Crippen molar-refractivity contribution >= 4 is 10.9 Å². The summed E-state index contributed by atoms with van der Waals surface area (Å²) >= 11 is 0. The summed E-state index contributed by atoms with van der Waals surface area (Å²) in [5.41, 5.74) is 2.60. The molecule has 3 heteroatoms. The third-order valence-corrected chi connectivity index (χ3v) is 4.97. The van der Waals surface area contributed by atoms with Crippen molar-refractivity contribution in [2.24, 2.45) is 5.41 Å². The first-order valence-corrected chi connectivity index (χ1v) is 6.57. The normalized spacial score (nSPS) is 23.8. The summed E-state index contributed by atoms with van der Waals surface area (Å²) in [6, 6.07) is 8.39. The number of aliphatic hydroxyl groups is 1. The third-order valence-electron chi connectivity index (χ3n) is 4.97. The van der Waals surface area contributed by atoms with E-state index in [-0.39, 0.29) is 17.4 Å². The molecule has 3 nitrogen and oxygen atoms in total. The average molecular weight is 243 g/mol. The molecule has 1 aliphatic heterocycles. The second-order valence-corrected chi connectivity index (χ2v) is 5.76. The van der Waals surface area contributed by atoms with Gasteiger partial charge in [0.05, 0.1) is 18.6 Å². The predicted molar refractivity (Wildman–Crippen MR) is 69.5 cm³/mol. The van der Waals surface area contributed by atoms with E-state index in [9.17, 15) is 5.11 Å². The van der Waals surface area contributed by atoms with Crippen LogP contribution in [-0.4, -0.2) is 29.9 Å². The van der Waals surface area contributed by atoms with Gasteiger partial charge in [-0.1, -0.05) is 18.2 Å². The van der Waals surface area contributed by atoms with Gasteiger partial charge in [-0.15, -0.1) is 0 Å². The van der Waals surface area contributed by atoms with E-state index in [1.165, 1.54) is 16.5 Å². The van der Waals surface area contributed by atoms with Crippen molar-refractivity contribution < 1.29 is 9.84 Å². The van der Waals surface area contributed by atoms with E-state index in [4.69, 9.17) is 4.74 Å². The Bertz CT molecular complexity index is 593. The van der Waals surface area contributed by atoms with E-state index in [1.807, 2.05) is 6.07 Å². The highest BCUT2D eigenvalue weighted by atomic mass is 16.5. The Balaban J connectivity index is 1.90. The SMILES string of the molecule is OCC1(C2(c3c[nH]c4ccccc34)COC2)CC1. The molecule has 1 aromatic carbocycles. The van der Waals surface area contributed by atoms with Crippen molar-refractivity contribution in [1.82, 2.24) is 4.98 Å². The molecule has 2 heterocycles. The van der Waals surface area contributed by atoms with Crippen LogP contribution in [0.2, 0.25) is 0 Å². The van der Waals surface area contributed by atoms with Crippen molar-refractivity contribution in [1.29, 1.82) is 0 Å². The lowest BCUT2D eigenvalue weighted by Crippen LogP contribution is -2.54. The molecule has 1 saturated carbocycles. The molecule has 0 radical (unpaired) electrons. The van der Waals surface area contributed by atoms with Crippen molar-refractivity contribution in [3.63, 3.8) is 0 Å². The van der Waals surface area contributed by atoms with E-state index in [0.717, 1.165) is 26.1 Å². The molecule has 1 aliphatic carbocycles. The van der Waals surface area contributed by atoms with Gasteiger partial charge < -0.3 is 14.8 Å². The zero-order chi connectivity index (χ0) is 12.2. The van der Waals surface area contributed by atoms with Gasteiger partial charge >= 0.3 is 0 Å². The molecule has 4 rings (SSSR count). The molecule has 0 unspecified atom stereocenters. The zero-order valence-corrected chi connectivity index (χ0v) is 10.3. The predicted octanol–water partition coefficient (Wildman–Crippen LogP) is 2.21. The van der Waals surface area contributed by atoms with Crippen LogP contribution in [0.1, 0.15) is 18.4 Å². The van der Waals surface area contributed by atoms with Crippen LogP contribution < -0.4 is 0 Å². The maximum absolute atomic E-state index is 9.76. The fourth-order valence-corrected chi connectivity index (χ4v) is 3.46. The van der Waals surface area contributed by atoms with Crippen LogP contribution in [-0.2, 0) is 10.2 Å². The fourth-order valence-electron chi connectivity index (χ4n) is 3.46. The van der Waals surface area contributed by atoms with Gasteiger partial charge in [0.2, 0.25) is 0 Å². The number of rotatable bonds is 3. The molecule has 0 spiro atoms. The van der Waals surface area contributed by atoms with Gasteiger partial charge in [0.1, 0.15) is 0 Å². The van der Waals surface area contributed by atoms with Crippen LogP contribution in [0.25, 0.3) is 10.9 Å². The Labute approximate surface area is 106 Å². The molecule has 2 aliphatic rings. The minimum atomic E-state index is 0.0291. The Hall–Kier alpha value is -1.32. The highest BCUT2D eigenvalue weighted by Crippen LogP contribution is 2.62. The van der Waals surface area contributed by atoms with E-state index < -0.39 is 0 Å². The molecular formula is C15H17NO2. The number of aliphatic hydroxyl groups excluding tert-OH is 1. The van der Waals surface area contributed by atoms with Crippen molar-refractivity contribution in [2.45, 2.75) is 18.3 Å². The van der Waals surface area contributed by atoms with Crippen LogP contribution in [0.5, 0.6) is 0 Å². The Morgan fingerprint density at radius 2 is 2.00 bits per heavy atom. The van der Waals surface area contributed by atoms with E-state index in [2.05, 4.69) is 29.4 Å². The van der Waals surface area contributed by atoms with E-state index in [0.29, 0.717) is 0 Å². The molecule has 0 amide bonds. The van der Waals surface area contributed by atoms with Gasteiger partial charge in [0, 0.05) is 29.1 Å². The van der Waals surface area contributed by atoms with Crippen molar-refractivity contribution in [3.05, 3.63) is 36.0 Å². The number of para-hydroxylation sites is 1. The highest BCUT2D eigenvalue weighted by molar-refractivity contribution is 5.84. The summed E-state index contributed by atoms with van der Waals surface area (Å²) in [4.78, 5) is 3.35. The first-order chi connectivity index (χ1) is 8.81. The van der Waals surface area contributed by atoms with Crippen LogP contribution >= 0.6 is 0 Å². The van der Waals surface area contributed by atoms with E-state index in [1.54, 1.807) is 0 Å². The molecule has 2 aromatic rings. The topological polar surface area (TPSA) is 45.2 Å². The van der Waals surface area contributed by atoms with Gasteiger partial charge in [-0.25, -0.2) is 0 Å². The van der Waals surface area contributed by atoms with Gasteiger partial charge in [-0.2, -0.15) is 0 Å². The summed E-state index contributed by atoms with van der Waals surface area (Å²) in [7, 11) is 0. The number of benzene rings is 1. The number of fused-ring (bicyclic) bond motifs is 1. The average Bonchev–Trinajstić information content (AvgIpc) is 3.03. The zero-order valence-electron chi connectivity index (χ0n) is 10.3. The molecule has 18 heavy (non-hydrogen) atoms. The molecule has 1 saturated heterocycles. The lowest BCUT2D eigenvalue weighted by molar-refractivity contribution is -0.109. The number of hydrogen-bond donors (Lipinski definition) is 2. The highest BCUT2D eigenvalue weighted by Gasteiger charge is 2.63. The molecule has 2 N–H and O–H groups in total. The lowest BCUT2D eigenvalue weighted by atomic mass is 9.66. The van der Waals surface area contributed by atoms with E-state index >= 15 is 0 Å². The molecular weight excluding hydrogens is 226 g/mol. The summed E-state index contributed by atoms with van der Waals surface area (Å²) in [6.45, 7) is 1.76. The number of hydrogen-bond acceptors (Lipinski definition) is 2. The minimum Gasteiger partial charge on any atom is -0.396 e.